The molecule has 0 atom stereocenters. The number of amides is 3. The molecule has 142 valence electrons. The van der Waals surface area contributed by atoms with Crippen molar-refractivity contribution in [3.63, 3.8) is 0 Å². The Kier molecular flexibility index (Phi) is 5.14. The number of hydrogen-bond acceptors (Lipinski definition) is 4. The summed E-state index contributed by atoms with van der Waals surface area (Å²) >= 11 is 0. The van der Waals surface area contributed by atoms with Crippen LogP contribution in [0, 0.1) is 0 Å². The van der Waals surface area contributed by atoms with Gasteiger partial charge in [-0.25, -0.2) is 15.3 Å². The Morgan fingerprint density at radius 2 is 1.89 bits per heavy atom. The number of hydrogen-bond donors (Lipinski definition) is 3. The lowest BCUT2D eigenvalue weighted by molar-refractivity contribution is 0.0700. The molecule has 2 heterocycles. The average molecular weight is 368 g/mol. The smallest absolute Gasteiger partial charge is 0.320 e. The number of nitrogens with zero attached hydrogens (tertiary/aromatic N) is 2. The minimum atomic E-state index is -0.642. The van der Waals surface area contributed by atoms with Gasteiger partial charge in [-0.05, 0) is 28.7 Å². The third-order valence-corrected chi connectivity index (χ3v) is 4.65. The quantitative estimate of drug-likeness (QED) is 0.561. The van der Waals surface area contributed by atoms with Gasteiger partial charge in [0.2, 0.25) is 0 Å². The molecule has 3 rings (SSSR count). The molecule has 0 unspecified atom stereocenters. The van der Waals surface area contributed by atoms with Crippen molar-refractivity contribution in [2.75, 3.05) is 11.9 Å². The number of aromatic nitrogens is 1. The van der Waals surface area contributed by atoms with Crippen LogP contribution < -0.4 is 10.8 Å². The molecule has 0 fully saturated rings. The highest BCUT2D eigenvalue weighted by molar-refractivity contribution is 5.92. The standard InChI is InChI=1S/C20H24N4O3/c1-20(2,3)14-6-4-5-7-16(14)22-19(26)24-11-10-15-13(12-24)8-9-17(21-15)18(25)23-27/h4-9,27H,10-12H2,1-3H3,(H,22,26)(H,23,25). The molecule has 7 nitrogen and oxygen atoms in total. The van der Waals surface area contributed by atoms with Crippen molar-refractivity contribution < 1.29 is 14.8 Å². The minimum absolute atomic E-state index is 0.0774. The summed E-state index contributed by atoms with van der Waals surface area (Å²) < 4.78 is 0. The van der Waals surface area contributed by atoms with Crippen molar-refractivity contribution in [2.45, 2.75) is 39.2 Å². The number of para-hydroxylation sites is 1. The summed E-state index contributed by atoms with van der Waals surface area (Å²) in [6.45, 7) is 7.27. The first-order valence-electron chi connectivity index (χ1n) is 8.88. The highest BCUT2D eigenvalue weighted by Gasteiger charge is 2.24. The molecule has 0 radical (unpaired) electrons. The summed E-state index contributed by atoms with van der Waals surface area (Å²) in [7, 11) is 0. The van der Waals surface area contributed by atoms with Gasteiger partial charge in [0.1, 0.15) is 5.69 Å². The molecule has 3 amide bonds. The number of carbonyl (C=O) groups is 2. The van der Waals surface area contributed by atoms with Gasteiger partial charge < -0.3 is 10.2 Å². The third kappa shape index (κ3) is 4.09. The van der Waals surface area contributed by atoms with Crippen LogP contribution in [0.15, 0.2) is 36.4 Å². The van der Waals surface area contributed by atoms with Gasteiger partial charge in [0.05, 0.1) is 0 Å². The normalized spacial score (nSPS) is 13.7. The molecule has 7 heteroatoms. The van der Waals surface area contributed by atoms with E-state index in [0.717, 1.165) is 22.5 Å². The van der Waals surface area contributed by atoms with Crippen molar-refractivity contribution in [3.8, 4) is 0 Å². The molecule has 0 spiro atoms. The monoisotopic (exact) mass is 368 g/mol. The molecular formula is C20H24N4O3. The number of benzene rings is 1. The highest BCUT2D eigenvalue weighted by Crippen LogP contribution is 2.29. The lowest BCUT2D eigenvalue weighted by atomic mass is 9.86. The Morgan fingerprint density at radius 3 is 2.59 bits per heavy atom. The van der Waals surface area contributed by atoms with E-state index < -0.39 is 5.91 Å². The van der Waals surface area contributed by atoms with Gasteiger partial charge >= 0.3 is 6.03 Å². The average Bonchev–Trinajstić information content (AvgIpc) is 2.66. The van der Waals surface area contributed by atoms with Crippen LogP contribution in [0.1, 0.15) is 48.1 Å². The zero-order valence-corrected chi connectivity index (χ0v) is 15.7. The van der Waals surface area contributed by atoms with E-state index in [1.165, 1.54) is 0 Å². The molecule has 1 aliphatic rings. The first-order valence-corrected chi connectivity index (χ1v) is 8.88. The van der Waals surface area contributed by atoms with Crippen molar-refractivity contribution in [1.29, 1.82) is 0 Å². The zero-order chi connectivity index (χ0) is 19.6. The van der Waals surface area contributed by atoms with Crippen molar-refractivity contribution in [3.05, 3.63) is 58.9 Å². The lowest BCUT2D eigenvalue weighted by Gasteiger charge is -2.30. The van der Waals surface area contributed by atoms with Crippen molar-refractivity contribution in [2.24, 2.45) is 0 Å². The second-order valence-electron chi connectivity index (χ2n) is 7.64. The first-order chi connectivity index (χ1) is 12.8. The Labute approximate surface area is 158 Å². The summed E-state index contributed by atoms with van der Waals surface area (Å²) in [6, 6.07) is 11.0. The fourth-order valence-corrected chi connectivity index (χ4v) is 3.21. The highest BCUT2D eigenvalue weighted by atomic mass is 16.5. The second kappa shape index (κ2) is 7.36. The number of carbonyl (C=O) groups excluding carboxylic acids is 2. The van der Waals surface area contributed by atoms with Gasteiger partial charge in [-0.2, -0.15) is 0 Å². The first kappa shape index (κ1) is 18.8. The topological polar surface area (TPSA) is 94.6 Å². The van der Waals surface area contributed by atoms with E-state index in [1.54, 1.807) is 22.5 Å². The van der Waals surface area contributed by atoms with Crippen molar-refractivity contribution >= 4 is 17.6 Å². The molecule has 27 heavy (non-hydrogen) atoms. The third-order valence-electron chi connectivity index (χ3n) is 4.65. The van der Waals surface area contributed by atoms with Crippen LogP contribution in [0.4, 0.5) is 10.5 Å². The molecular weight excluding hydrogens is 344 g/mol. The Balaban J connectivity index is 1.75. The molecule has 0 aliphatic carbocycles. The number of hydroxylamine groups is 1. The predicted molar refractivity (Wildman–Crippen MR) is 102 cm³/mol. The molecule has 3 N–H and O–H groups in total. The lowest BCUT2D eigenvalue weighted by Crippen LogP contribution is -2.39. The number of anilines is 1. The number of rotatable bonds is 2. The van der Waals surface area contributed by atoms with Crippen LogP contribution >= 0.6 is 0 Å². The van der Waals surface area contributed by atoms with Gasteiger partial charge in [0, 0.05) is 30.9 Å². The maximum absolute atomic E-state index is 12.8. The van der Waals surface area contributed by atoms with E-state index in [0.29, 0.717) is 19.5 Å². The van der Waals surface area contributed by atoms with Crippen LogP contribution in [0.2, 0.25) is 0 Å². The Morgan fingerprint density at radius 1 is 1.15 bits per heavy atom. The molecule has 1 aliphatic heterocycles. The summed E-state index contributed by atoms with van der Waals surface area (Å²) in [5.74, 6) is -0.642. The van der Waals surface area contributed by atoms with Gasteiger partial charge in [-0.3, -0.25) is 10.0 Å². The van der Waals surface area contributed by atoms with Crippen LogP contribution in [0.5, 0.6) is 0 Å². The van der Waals surface area contributed by atoms with Gasteiger partial charge in [0.15, 0.2) is 0 Å². The molecule has 0 saturated heterocycles. The molecule has 1 aromatic heterocycles. The van der Waals surface area contributed by atoms with E-state index in [9.17, 15) is 9.59 Å². The fourth-order valence-electron chi connectivity index (χ4n) is 3.21. The van der Waals surface area contributed by atoms with Crippen LogP contribution in [-0.2, 0) is 18.4 Å². The molecule has 1 aromatic carbocycles. The Hall–Kier alpha value is -2.93. The molecule has 0 bridgehead atoms. The fraction of sp³-hybridized carbons (Fsp3) is 0.350. The van der Waals surface area contributed by atoms with Gasteiger partial charge in [0.25, 0.3) is 5.91 Å². The number of nitrogens with one attached hydrogen (secondary N) is 2. The predicted octanol–water partition coefficient (Wildman–Crippen LogP) is 3.09. The Bertz CT molecular complexity index is 874. The maximum Gasteiger partial charge on any atom is 0.322 e. The van der Waals surface area contributed by atoms with E-state index in [1.807, 2.05) is 24.3 Å². The number of fused-ring (bicyclic) bond motifs is 1. The minimum Gasteiger partial charge on any atom is -0.320 e. The summed E-state index contributed by atoms with van der Waals surface area (Å²) in [4.78, 5) is 30.3. The SMILES string of the molecule is CC(C)(C)c1ccccc1NC(=O)N1CCc2nc(C(=O)NO)ccc2C1. The van der Waals surface area contributed by atoms with Crippen LogP contribution in [0.25, 0.3) is 0 Å². The number of pyridine rings is 1. The zero-order valence-electron chi connectivity index (χ0n) is 15.7. The van der Waals surface area contributed by atoms with Crippen LogP contribution in [0.3, 0.4) is 0 Å². The van der Waals surface area contributed by atoms with Crippen molar-refractivity contribution in [1.82, 2.24) is 15.4 Å². The van der Waals surface area contributed by atoms with Gasteiger partial charge in [-0.15, -0.1) is 0 Å². The molecule has 2 aromatic rings. The van der Waals surface area contributed by atoms with E-state index in [4.69, 9.17) is 5.21 Å². The summed E-state index contributed by atoms with van der Waals surface area (Å²) in [6.07, 6.45) is 0.552. The van der Waals surface area contributed by atoms with E-state index >= 15 is 0 Å². The maximum atomic E-state index is 12.8. The largest absolute Gasteiger partial charge is 0.322 e. The molecule has 0 saturated carbocycles. The summed E-state index contributed by atoms with van der Waals surface area (Å²) in [5.41, 5.74) is 5.23. The number of urea groups is 1. The second-order valence-corrected chi connectivity index (χ2v) is 7.64. The van der Waals surface area contributed by atoms with Crippen LogP contribution in [-0.4, -0.2) is 33.6 Å². The van der Waals surface area contributed by atoms with E-state index in [-0.39, 0.29) is 17.1 Å². The van der Waals surface area contributed by atoms with E-state index in [2.05, 4.69) is 31.1 Å². The summed E-state index contributed by atoms with van der Waals surface area (Å²) in [5, 5.41) is 11.8. The van der Waals surface area contributed by atoms with Gasteiger partial charge in [-0.1, -0.05) is 45.0 Å².